The number of methoxy groups -OCH3 is 1. The third-order valence-electron chi connectivity index (χ3n) is 7.64. The molecule has 1 atom stereocenters. The lowest BCUT2D eigenvalue weighted by atomic mass is 9.69. The minimum Gasteiger partial charge on any atom is -0.466 e. The second-order valence-electron chi connectivity index (χ2n) is 9.94. The Kier molecular flexibility index (Phi) is 10.4. The average molecular weight is 588 g/mol. The van der Waals surface area contributed by atoms with Gasteiger partial charge in [0, 0.05) is 18.3 Å². The summed E-state index contributed by atoms with van der Waals surface area (Å²) >= 11 is 0. The second-order valence-corrected chi connectivity index (χ2v) is 9.94. The molecule has 1 heterocycles. The molecule has 2 aliphatic rings. The third-order valence-corrected chi connectivity index (χ3v) is 7.64. The highest BCUT2D eigenvalue weighted by Gasteiger charge is 2.42. The Hall–Kier alpha value is -4.01. The van der Waals surface area contributed by atoms with Gasteiger partial charge in [-0.1, -0.05) is 36.4 Å². The number of nitrogens with zero attached hydrogens (tertiary/aromatic N) is 3. The van der Waals surface area contributed by atoms with Gasteiger partial charge in [-0.2, -0.15) is 5.26 Å². The highest BCUT2D eigenvalue weighted by Crippen LogP contribution is 2.39. The standard InChI is InChI=1S/C29H31F2N5O4.ClH/c1-19-25(27(38)40-2)26(20-8-9-23(30)24(31)16-20)36(28(39)34-19)35(18-37)15-14-33-22-10-12-29(17-32,13-11-22)21-6-4-3-5-7-21;/h3-9,16,18,22,26,33H,10-15H2,1-2H3,(H,34,39);1H/t22-,26?,29+;. The molecular formula is C29H32ClF2N5O4. The van der Waals surface area contributed by atoms with Gasteiger partial charge in [-0.05, 0) is 55.9 Å². The normalized spacial score (nSPS) is 22.2. The quantitative estimate of drug-likeness (QED) is 0.335. The predicted molar refractivity (Wildman–Crippen MR) is 148 cm³/mol. The maximum Gasteiger partial charge on any atom is 0.341 e. The predicted octanol–water partition coefficient (Wildman–Crippen LogP) is 4.27. The molecular weight excluding hydrogens is 556 g/mol. The zero-order valence-electron chi connectivity index (χ0n) is 22.7. The summed E-state index contributed by atoms with van der Waals surface area (Å²) in [6.45, 7) is 1.84. The van der Waals surface area contributed by atoms with E-state index in [9.17, 15) is 28.4 Å². The molecule has 4 rings (SSSR count). The van der Waals surface area contributed by atoms with Crippen molar-refractivity contribution in [3.63, 3.8) is 0 Å². The Morgan fingerprint density at radius 3 is 2.49 bits per heavy atom. The van der Waals surface area contributed by atoms with Crippen LogP contribution in [-0.2, 0) is 19.7 Å². The van der Waals surface area contributed by atoms with E-state index in [1.165, 1.54) is 13.0 Å². The molecule has 1 aliphatic carbocycles. The number of nitriles is 1. The molecule has 218 valence electrons. The first-order valence-corrected chi connectivity index (χ1v) is 13.0. The van der Waals surface area contributed by atoms with Crippen LogP contribution in [0, 0.1) is 23.0 Å². The van der Waals surface area contributed by atoms with Crippen LogP contribution in [0.25, 0.3) is 0 Å². The van der Waals surface area contributed by atoms with Gasteiger partial charge in [0.15, 0.2) is 11.6 Å². The first-order valence-electron chi connectivity index (χ1n) is 13.0. The molecule has 2 N–H and O–H groups in total. The Balaban J connectivity index is 0.00000462. The van der Waals surface area contributed by atoms with Gasteiger partial charge in [0.25, 0.3) is 0 Å². The van der Waals surface area contributed by atoms with Gasteiger partial charge in [0.05, 0.1) is 30.7 Å². The Labute approximate surface area is 243 Å². The fraction of sp³-hybridized carbons (Fsp3) is 0.379. The Morgan fingerprint density at radius 1 is 1.22 bits per heavy atom. The maximum atomic E-state index is 14.2. The molecule has 1 unspecified atom stereocenters. The van der Waals surface area contributed by atoms with Crippen molar-refractivity contribution in [3.05, 3.63) is 82.6 Å². The highest BCUT2D eigenvalue weighted by molar-refractivity contribution is 5.95. The van der Waals surface area contributed by atoms with Crippen LogP contribution in [0.4, 0.5) is 13.6 Å². The van der Waals surface area contributed by atoms with Crippen molar-refractivity contribution >= 4 is 30.8 Å². The van der Waals surface area contributed by atoms with Crippen molar-refractivity contribution < 1.29 is 27.9 Å². The number of esters is 1. The first-order chi connectivity index (χ1) is 19.2. The van der Waals surface area contributed by atoms with Crippen LogP contribution < -0.4 is 10.6 Å². The van der Waals surface area contributed by atoms with Gasteiger partial charge < -0.3 is 15.4 Å². The molecule has 0 radical (unpaired) electrons. The number of halogens is 3. The van der Waals surface area contributed by atoms with Gasteiger partial charge in [-0.25, -0.2) is 23.4 Å². The number of amides is 3. The van der Waals surface area contributed by atoms with E-state index in [-0.39, 0.29) is 41.8 Å². The summed E-state index contributed by atoms with van der Waals surface area (Å²) < 4.78 is 32.8. The monoisotopic (exact) mass is 587 g/mol. The number of rotatable bonds is 9. The van der Waals surface area contributed by atoms with Crippen LogP contribution in [-0.4, -0.2) is 54.7 Å². The molecule has 1 aliphatic heterocycles. The van der Waals surface area contributed by atoms with Crippen molar-refractivity contribution in [3.8, 4) is 6.07 Å². The van der Waals surface area contributed by atoms with Crippen LogP contribution in [0.1, 0.15) is 49.8 Å². The lowest BCUT2D eigenvalue weighted by Crippen LogP contribution is -2.57. The van der Waals surface area contributed by atoms with Gasteiger partial charge >= 0.3 is 12.0 Å². The Bertz CT molecular complexity index is 1340. The van der Waals surface area contributed by atoms with E-state index in [1.807, 2.05) is 30.3 Å². The number of nitrogens with one attached hydrogen (secondary N) is 2. The van der Waals surface area contributed by atoms with E-state index in [2.05, 4.69) is 16.7 Å². The molecule has 12 heteroatoms. The fourth-order valence-electron chi connectivity index (χ4n) is 5.49. The zero-order valence-corrected chi connectivity index (χ0v) is 23.5. The maximum absolute atomic E-state index is 14.2. The number of benzene rings is 2. The van der Waals surface area contributed by atoms with Crippen molar-refractivity contribution in [1.29, 1.82) is 5.26 Å². The lowest BCUT2D eigenvalue weighted by Gasteiger charge is -2.42. The SMILES string of the molecule is COC(=O)C1=C(C)NC(=O)N(N(C=O)CCN[C@H]2CC[C@@](C#N)(c3ccccc3)CC2)C1c1ccc(F)c(F)c1.Cl. The molecule has 2 aromatic rings. The van der Waals surface area contributed by atoms with E-state index in [1.54, 1.807) is 0 Å². The van der Waals surface area contributed by atoms with Crippen LogP contribution in [0.5, 0.6) is 0 Å². The van der Waals surface area contributed by atoms with E-state index in [0.717, 1.165) is 47.7 Å². The van der Waals surface area contributed by atoms with Gasteiger partial charge in [0.1, 0.15) is 6.04 Å². The minimum absolute atomic E-state index is 0. The van der Waals surface area contributed by atoms with E-state index in [0.29, 0.717) is 25.8 Å². The summed E-state index contributed by atoms with van der Waals surface area (Å²) in [6, 6.07) is 13.4. The number of hydrogen-bond donors (Lipinski definition) is 2. The first kappa shape index (κ1) is 31.5. The summed E-state index contributed by atoms with van der Waals surface area (Å²) in [5, 5.41) is 18.0. The minimum atomic E-state index is -1.24. The van der Waals surface area contributed by atoms with Crippen LogP contribution in [0.15, 0.2) is 59.8 Å². The largest absolute Gasteiger partial charge is 0.466 e. The van der Waals surface area contributed by atoms with E-state index in [4.69, 9.17) is 4.74 Å². The molecule has 0 saturated heterocycles. The number of hydrogen-bond acceptors (Lipinski definition) is 6. The topological polar surface area (TPSA) is 115 Å². The molecule has 1 saturated carbocycles. The smallest absolute Gasteiger partial charge is 0.341 e. The molecule has 0 aromatic heterocycles. The number of carbonyl (C=O) groups is 3. The highest BCUT2D eigenvalue weighted by atomic mass is 35.5. The molecule has 41 heavy (non-hydrogen) atoms. The third kappa shape index (κ3) is 6.50. The zero-order chi connectivity index (χ0) is 28.9. The fourth-order valence-corrected chi connectivity index (χ4v) is 5.49. The molecule has 2 aromatic carbocycles. The number of ether oxygens (including phenoxy) is 1. The molecule has 9 nitrogen and oxygen atoms in total. The molecule has 3 amide bonds. The van der Waals surface area contributed by atoms with Crippen LogP contribution >= 0.6 is 12.4 Å². The molecule has 1 fully saturated rings. The van der Waals surface area contributed by atoms with Gasteiger partial charge in [0.2, 0.25) is 6.41 Å². The summed E-state index contributed by atoms with van der Waals surface area (Å²) in [7, 11) is 1.16. The number of hydrazine groups is 1. The van der Waals surface area contributed by atoms with Crippen LogP contribution in [0.2, 0.25) is 0 Å². The average Bonchev–Trinajstić information content (AvgIpc) is 2.97. The number of allylic oxidation sites excluding steroid dienone is 1. The molecule has 0 bridgehead atoms. The molecule has 0 spiro atoms. The lowest BCUT2D eigenvalue weighted by molar-refractivity contribution is -0.141. The van der Waals surface area contributed by atoms with E-state index >= 15 is 0 Å². The van der Waals surface area contributed by atoms with Crippen molar-refractivity contribution in [2.24, 2.45) is 0 Å². The summed E-state index contributed by atoms with van der Waals surface area (Å²) in [5.74, 6) is -3.04. The van der Waals surface area contributed by atoms with Crippen molar-refractivity contribution in [1.82, 2.24) is 20.7 Å². The number of urea groups is 1. The van der Waals surface area contributed by atoms with Crippen molar-refractivity contribution in [2.45, 2.75) is 50.1 Å². The summed E-state index contributed by atoms with van der Waals surface area (Å²) in [5.41, 5.74) is 0.718. The van der Waals surface area contributed by atoms with Crippen molar-refractivity contribution in [2.75, 3.05) is 20.2 Å². The second kappa shape index (κ2) is 13.6. The van der Waals surface area contributed by atoms with Gasteiger partial charge in [-0.3, -0.25) is 9.80 Å². The van der Waals surface area contributed by atoms with Crippen LogP contribution in [0.3, 0.4) is 0 Å². The van der Waals surface area contributed by atoms with E-state index < -0.39 is 35.1 Å². The Morgan fingerprint density at radius 2 is 1.90 bits per heavy atom. The van der Waals surface area contributed by atoms with Gasteiger partial charge in [-0.15, -0.1) is 12.4 Å². The summed E-state index contributed by atoms with van der Waals surface area (Å²) in [4.78, 5) is 38.0. The summed E-state index contributed by atoms with van der Waals surface area (Å²) in [6.07, 6.45) is 3.31. The number of carbonyl (C=O) groups excluding carboxylic acids is 3.